The highest BCUT2D eigenvalue weighted by atomic mass is 16.5. The molecule has 2 fully saturated rings. The van der Waals surface area contributed by atoms with Crippen LogP contribution in [0.25, 0.3) is 0 Å². The van der Waals surface area contributed by atoms with Gasteiger partial charge in [-0.3, -0.25) is 15.0 Å². The fourth-order valence-electron chi connectivity index (χ4n) is 3.85. The number of ether oxygens (including phenoxy) is 1. The van der Waals surface area contributed by atoms with Crippen LogP contribution in [0.2, 0.25) is 0 Å². The summed E-state index contributed by atoms with van der Waals surface area (Å²) in [7, 11) is 1.51. The molecule has 1 N–H and O–H groups in total. The number of hydrogen-bond acceptors (Lipinski definition) is 4. The molecule has 2 aliphatic rings. The monoisotopic (exact) mass is 296 g/mol. The van der Waals surface area contributed by atoms with Gasteiger partial charge in [0.2, 0.25) is 0 Å². The van der Waals surface area contributed by atoms with Crippen LogP contribution in [-0.4, -0.2) is 48.2 Å². The molecule has 2 rings (SSSR count). The third kappa shape index (κ3) is 3.98. The maximum atomic E-state index is 12.3. The maximum absolute atomic E-state index is 12.3. The van der Waals surface area contributed by atoms with Crippen molar-refractivity contribution in [2.75, 3.05) is 13.7 Å². The van der Waals surface area contributed by atoms with Crippen LogP contribution in [0, 0.1) is 5.92 Å². The van der Waals surface area contributed by atoms with Crippen LogP contribution in [-0.2, 0) is 9.53 Å². The summed E-state index contributed by atoms with van der Waals surface area (Å²) in [6.45, 7) is 9.92. The van der Waals surface area contributed by atoms with Crippen LogP contribution in [0.3, 0.4) is 0 Å². The van der Waals surface area contributed by atoms with E-state index in [0.29, 0.717) is 18.0 Å². The van der Waals surface area contributed by atoms with E-state index in [0.717, 1.165) is 31.8 Å². The lowest BCUT2D eigenvalue weighted by Gasteiger charge is -2.34. The number of hydrogen-bond donors (Lipinski definition) is 1. The lowest BCUT2D eigenvalue weighted by molar-refractivity contribution is -0.149. The molecule has 0 aromatic heterocycles. The topological polar surface area (TPSA) is 41.6 Å². The van der Waals surface area contributed by atoms with E-state index < -0.39 is 5.54 Å². The second-order valence-corrected chi connectivity index (χ2v) is 7.59. The van der Waals surface area contributed by atoms with Crippen molar-refractivity contribution in [1.82, 2.24) is 10.2 Å². The molecule has 2 unspecified atom stereocenters. The maximum Gasteiger partial charge on any atom is 0.326 e. The molecule has 0 amide bonds. The van der Waals surface area contributed by atoms with E-state index in [2.05, 4.69) is 37.9 Å². The van der Waals surface area contributed by atoms with Crippen LogP contribution in [0.15, 0.2) is 0 Å². The Bertz CT molecular complexity index is 366. The minimum atomic E-state index is -0.475. The smallest absolute Gasteiger partial charge is 0.326 e. The summed E-state index contributed by atoms with van der Waals surface area (Å²) in [4.78, 5) is 15.0. The lowest BCUT2D eigenvalue weighted by atomic mass is 9.95. The van der Waals surface area contributed by atoms with E-state index in [1.807, 2.05) is 0 Å². The third-order valence-electron chi connectivity index (χ3n) is 4.69. The van der Waals surface area contributed by atoms with E-state index in [-0.39, 0.29) is 5.97 Å². The Morgan fingerprint density at radius 3 is 2.38 bits per heavy atom. The molecular formula is C17H32N2O2. The van der Waals surface area contributed by atoms with Gasteiger partial charge < -0.3 is 4.74 Å². The zero-order valence-electron chi connectivity index (χ0n) is 14.3. The van der Waals surface area contributed by atoms with Gasteiger partial charge in [-0.25, -0.2) is 0 Å². The molecule has 0 aliphatic heterocycles. The molecule has 2 aliphatic carbocycles. The molecule has 0 aromatic rings. The van der Waals surface area contributed by atoms with Crippen molar-refractivity contribution in [2.24, 2.45) is 5.92 Å². The molecule has 0 spiro atoms. The van der Waals surface area contributed by atoms with Gasteiger partial charge in [0.15, 0.2) is 0 Å². The Morgan fingerprint density at radius 2 is 1.90 bits per heavy atom. The second-order valence-electron chi connectivity index (χ2n) is 7.59. The summed E-state index contributed by atoms with van der Waals surface area (Å²) in [5.74, 6) is 0.593. The molecule has 2 saturated carbocycles. The fourth-order valence-corrected chi connectivity index (χ4v) is 3.85. The molecule has 2 atom stereocenters. The van der Waals surface area contributed by atoms with Crippen LogP contribution in [0.4, 0.5) is 0 Å². The highest BCUT2D eigenvalue weighted by molar-refractivity contribution is 5.81. The minimum Gasteiger partial charge on any atom is -0.468 e. The molecule has 122 valence electrons. The Hall–Kier alpha value is -0.610. The van der Waals surface area contributed by atoms with Gasteiger partial charge in [-0.05, 0) is 51.9 Å². The number of methoxy groups -OCH3 is 1. The number of esters is 1. The Kier molecular flexibility index (Phi) is 5.31. The normalized spacial score (nSPS) is 29.6. The first-order valence-corrected chi connectivity index (χ1v) is 8.50. The van der Waals surface area contributed by atoms with Crippen molar-refractivity contribution in [3.8, 4) is 0 Å². The predicted molar refractivity (Wildman–Crippen MR) is 85.2 cm³/mol. The lowest BCUT2D eigenvalue weighted by Crippen LogP contribution is -2.54. The predicted octanol–water partition coefficient (Wildman–Crippen LogP) is 2.57. The van der Waals surface area contributed by atoms with Gasteiger partial charge >= 0.3 is 5.97 Å². The summed E-state index contributed by atoms with van der Waals surface area (Å²) in [6.07, 6.45) is 5.53. The van der Waals surface area contributed by atoms with Crippen molar-refractivity contribution in [3.05, 3.63) is 0 Å². The van der Waals surface area contributed by atoms with Crippen molar-refractivity contribution in [3.63, 3.8) is 0 Å². The Labute approximate surface area is 129 Å². The minimum absolute atomic E-state index is 0.0843. The standard InChI is InChI=1S/C17H32N2O2/c1-12(2)11-19(14-6-7-14)15-8-9-17(10-15,16(20)21-5)18-13(3)4/h12-15,18H,6-11H2,1-5H3. The Balaban J connectivity index is 2.08. The van der Waals surface area contributed by atoms with Crippen molar-refractivity contribution < 1.29 is 9.53 Å². The van der Waals surface area contributed by atoms with Gasteiger partial charge in [-0.2, -0.15) is 0 Å². The summed E-state index contributed by atoms with van der Waals surface area (Å²) < 4.78 is 5.10. The van der Waals surface area contributed by atoms with Crippen LogP contribution >= 0.6 is 0 Å². The number of rotatable bonds is 7. The first-order chi connectivity index (χ1) is 9.88. The molecule has 21 heavy (non-hydrogen) atoms. The van der Waals surface area contributed by atoms with Crippen LogP contribution in [0.5, 0.6) is 0 Å². The Morgan fingerprint density at radius 1 is 1.24 bits per heavy atom. The van der Waals surface area contributed by atoms with Gasteiger partial charge in [0.05, 0.1) is 7.11 Å². The first kappa shape index (κ1) is 16.8. The number of nitrogens with one attached hydrogen (secondary N) is 1. The van der Waals surface area contributed by atoms with Crippen molar-refractivity contribution >= 4 is 5.97 Å². The van der Waals surface area contributed by atoms with Gasteiger partial charge in [0, 0.05) is 24.7 Å². The van der Waals surface area contributed by atoms with E-state index in [1.54, 1.807) is 0 Å². The molecule has 4 heteroatoms. The van der Waals surface area contributed by atoms with Crippen LogP contribution < -0.4 is 5.32 Å². The van der Waals surface area contributed by atoms with Crippen molar-refractivity contribution in [2.45, 2.75) is 83.5 Å². The summed E-state index contributed by atoms with van der Waals surface area (Å²) in [5.41, 5.74) is -0.475. The first-order valence-electron chi connectivity index (χ1n) is 8.50. The molecule has 0 radical (unpaired) electrons. The highest BCUT2D eigenvalue weighted by Gasteiger charge is 2.49. The quantitative estimate of drug-likeness (QED) is 0.733. The largest absolute Gasteiger partial charge is 0.468 e. The summed E-state index contributed by atoms with van der Waals surface area (Å²) >= 11 is 0. The average Bonchev–Trinajstić information content (AvgIpc) is 3.16. The number of carbonyl (C=O) groups excluding carboxylic acids is 1. The molecule has 4 nitrogen and oxygen atoms in total. The number of nitrogens with zero attached hydrogens (tertiary/aromatic N) is 1. The van der Waals surface area contributed by atoms with Gasteiger partial charge in [-0.15, -0.1) is 0 Å². The molecule has 0 bridgehead atoms. The number of carbonyl (C=O) groups is 1. The SMILES string of the molecule is COC(=O)C1(NC(C)C)CCC(N(CC(C)C)C2CC2)C1. The van der Waals surface area contributed by atoms with Gasteiger partial charge in [-0.1, -0.05) is 13.8 Å². The van der Waals surface area contributed by atoms with Gasteiger partial charge in [0.25, 0.3) is 0 Å². The van der Waals surface area contributed by atoms with E-state index >= 15 is 0 Å². The fraction of sp³-hybridized carbons (Fsp3) is 0.941. The molecule has 0 heterocycles. The second kappa shape index (κ2) is 6.66. The zero-order chi connectivity index (χ0) is 15.6. The molecule has 0 aromatic carbocycles. The zero-order valence-corrected chi connectivity index (χ0v) is 14.3. The third-order valence-corrected chi connectivity index (χ3v) is 4.69. The summed E-state index contributed by atoms with van der Waals surface area (Å²) in [5, 5.41) is 3.50. The highest BCUT2D eigenvalue weighted by Crippen LogP contribution is 2.39. The molecular weight excluding hydrogens is 264 g/mol. The van der Waals surface area contributed by atoms with Crippen molar-refractivity contribution in [1.29, 1.82) is 0 Å². The molecule has 0 saturated heterocycles. The van der Waals surface area contributed by atoms with E-state index in [9.17, 15) is 4.79 Å². The summed E-state index contributed by atoms with van der Waals surface area (Å²) in [6, 6.07) is 1.57. The van der Waals surface area contributed by atoms with E-state index in [1.165, 1.54) is 20.0 Å². The van der Waals surface area contributed by atoms with E-state index in [4.69, 9.17) is 4.74 Å². The van der Waals surface area contributed by atoms with Gasteiger partial charge in [0.1, 0.15) is 5.54 Å². The average molecular weight is 296 g/mol. The van der Waals surface area contributed by atoms with Crippen LogP contribution in [0.1, 0.15) is 59.8 Å².